The third-order valence-corrected chi connectivity index (χ3v) is 4.73. The van der Waals surface area contributed by atoms with Crippen molar-refractivity contribution in [3.05, 3.63) is 23.8 Å². The van der Waals surface area contributed by atoms with E-state index in [2.05, 4.69) is 24.5 Å². The Hall–Kier alpha value is -1.26. The number of aromatic hydroxyl groups is 1. The van der Waals surface area contributed by atoms with Gasteiger partial charge in [-0.25, -0.2) is 0 Å². The van der Waals surface area contributed by atoms with Gasteiger partial charge in [0.25, 0.3) is 0 Å². The van der Waals surface area contributed by atoms with Gasteiger partial charge < -0.3 is 21.5 Å². The number of fused-ring (bicyclic) bond motifs is 1. The molecule has 1 aromatic carbocycles. The molecule has 1 atom stereocenters. The summed E-state index contributed by atoms with van der Waals surface area (Å²) in [5.41, 5.74) is 7.51. The van der Waals surface area contributed by atoms with E-state index in [1.807, 2.05) is 19.2 Å². The first-order valence-electron chi connectivity index (χ1n) is 6.94. The number of likely N-dealkylation sites (N-methyl/N-ethyl adjacent to an activating group) is 1. The SMILES string of the molecule is CNC(C)(C)C1(CCCN)CNc2cccc(O)c21. The maximum atomic E-state index is 10.3. The van der Waals surface area contributed by atoms with Gasteiger partial charge in [-0.3, -0.25) is 0 Å². The molecule has 4 heteroatoms. The molecule has 4 nitrogen and oxygen atoms in total. The van der Waals surface area contributed by atoms with Gasteiger partial charge in [0.2, 0.25) is 0 Å². The lowest BCUT2D eigenvalue weighted by Crippen LogP contribution is -2.57. The van der Waals surface area contributed by atoms with Gasteiger partial charge in [0, 0.05) is 28.7 Å². The molecule has 1 aliphatic rings. The molecule has 0 bridgehead atoms. The Morgan fingerprint density at radius 1 is 1.47 bits per heavy atom. The van der Waals surface area contributed by atoms with Crippen molar-refractivity contribution < 1.29 is 5.11 Å². The van der Waals surface area contributed by atoms with Crippen molar-refractivity contribution in [1.82, 2.24) is 5.32 Å². The first-order valence-corrected chi connectivity index (χ1v) is 6.94. The van der Waals surface area contributed by atoms with Crippen LogP contribution in [0.25, 0.3) is 0 Å². The molecule has 0 aromatic heterocycles. The maximum Gasteiger partial charge on any atom is 0.121 e. The second kappa shape index (κ2) is 5.02. The maximum absolute atomic E-state index is 10.3. The molecule has 0 fully saturated rings. The number of phenols is 1. The number of phenolic OH excluding ortho intramolecular Hbond substituents is 1. The third-order valence-electron chi connectivity index (χ3n) is 4.73. The highest BCUT2D eigenvalue weighted by Gasteiger charge is 2.50. The van der Waals surface area contributed by atoms with E-state index in [1.165, 1.54) is 0 Å². The van der Waals surface area contributed by atoms with Crippen molar-refractivity contribution >= 4 is 5.69 Å². The van der Waals surface area contributed by atoms with Crippen LogP contribution in [0, 0.1) is 0 Å². The number of nitrogens with two attached hydrogens (primary N) is 1. The zero-order valence-electron chi connectivity index (χ0n) is 12.1. The minimum Gasteiger partial charge on any atom is -0.508 e. The normalized spacial score (nSPS) is 22.1. The molecule has 0 amide bonds. The molecule has 1 aromatic rings. The number of nitrogens with one attached hydrogen (secondary N) is 2. The van der Waals surface area contributed by atoms with E-state index < -0.39 is 0 Å². The van der Waals surface area contributed by atoms with E-state index in [0.717, 1.165) is 30.6 Å². The summed E-state index contributed by atoms with van der Waals surface area (Å²) >= 11 is 0. The number of hydrogen-bond acceptors (Lipinski definition) is 4. The van der Waals surface area contributed by atoms with Crippen molar-refractivity contribution in [3.63, 3.8) is 0 Å². The Balaban J connectivity index is 2.54. The fourth-order valence-corrected chi connectivity index (χ4v) is 3.23. The Labute approximate surface area is 115 Å². The minimum atomic E-state index is -0.137. The molecule has 0 radical (unpaired) electrons. The summed E-state index contributed by atoms with van der Waals surface area (Å²) in [5.74, 6) is 0.378. The number of rotatable bonds is 5. The van der Waals surface area contributed by atoms with E-state index >= 15 is 0 Å². The van der Waals surface area contributed by atoms with E-state index in [9.17, 15) is 5.11 Å². The lowest BCUT2D eigenvalue weighted by molar-refractivity contribution is 0.211. The molecule has 0 aliphatic carbocycles. The highest BCUT2D eigenvalue weighted by molar-refractivity contribution is 5.66. The first kappa shape index (κ1) is 14.2. The Morgan fingerprint density at radius 3 is 2.84 bits per heavy atom. The number of benzene rings is 1. The summed E-state index contributed by atoms with van der Waals surface area (Å²) in [6.07, 6.45) is 1.90. The molecule has 0 saturated carbocycles. The Morgan fingerprint density at radius 2 is 2.21 bits per heavy atom. The van der Waals surface area contributed by atoms with E-state index in [4.69, 9.17) is 5.73 Å². The quantitative estimate of drug-likeness (QED) is 0.654. The van der Waals surface area contributed by atoms with Crippen LogP contribution in [0.1, 0.15) is 32.3 Å². The highest BCUT2D eigenvalue weighted by Crippen LogP contribution is 2.50. The second-order valence-corrected chi connectivity index (χ2v) is 5.90. The molecule has 1 heterocycles. The van der Waals surface area contributed by atoms with Crippen LogP contribution in [-0.2, 0) is 5.41 Å². The molecule has 2 rings (SSSR count). The highest BCUT2D eigenvalue weighted by atomic mass is 16.3. The van der Waals surface area contributed by atoms with Gasteiger partial charge in [-0.1, -0.05) is 6.07 Å². The molecule has 0 spiro atoms. The van der Waals surface area contributed by atoms with Crippen LogP contribution in [0.15, 0.2) is 18.2 Å². The van der Waals surface area contributed by atoms with Crippen LogP contribution in [-0.4, -0.2) is 30.8 Å². The molecule has 1 aliphatic heterocycles. The van der Waals surface area contributed by atoms with Gasteiger partial charge >= 0.3 is 0 Å². The summed E-state index contributed by atoms with van der Waals surface area (Å²) in [6, 6.07) is 5.69. The standard InChI is InChI=1S/C15H25N3O/c1-14(2,17-3)15(8-5-9-16)10-18-11-6-4-7-12(19)13(11)15/h4,6-7,17-19H,5,8-10,16H2,1-3H3. The number of anilines is 1. The van der Waals surface area contributed by atoms with Crippen LogP contribution in [0.2, 0.25) is 0 Å². The fourth-order valence-electron chi connectivity index (χ4n) is 3.23. The summed E-state index contributed by atoms with van der Waals surface area (Å²) in [7, 11) is 1.97. The van der Waals surface area contributed by atoms with Gasteiger partial charge in [0.15, 0.2) is 0 Å². The van der Waals surface area contributed by atoms with Gasteiger partial charge in [0.05, 0.1) is 0 Å². The lowest BCUT2D eigenvalue weighted by atomic mass is 9.65. The Bertz CT molecular complexity index is 459. The third kappa shape index (κ3) is 2.09. The molecule has 1 unspecified atom stereocenters. The van der Waals surface area contributed by atoms with E-state index in [-0.39, 0.29) is 11.0 Å². The monoisotopic (exact) mass is 263 g/mol. The minimum absolute atomic E-state index is 0.126. The predicted molar refractivity (Wildman–Crippen MR) is 79.7 cm³/mol. The van der Waals surface area contributed by atoms with Gasteiger partial charge in [-0.2, -0.15) is 0 Å². The van der Waals surface area contributed by atoms with Crippen molar-refractivity contribution in [1.29, 1.82) is 0 Å². The zero-order chi connectivity index (χ0) is 14.1. The van der Waals surface area contributed by atoms with E-state index in [0.29, 0.717) is 12.3 Å². The van der Waals surface area contributed by atoms with Crippen molar-refractivity contribution in [2.75, 3.05) is 25.5 Å². The predicted octanol–water partition coefficient (Wildman–Crippen LogP) is 1.79. The Kier molecular flexibility index (Phi) is 3.74. The fraction of sp³-hybridized carbons (Fsp3) is 0.600. The van der Waals surface area contributed by atoms with Crippen LogP contribution in [0.3, 0.4) is 0 Å². The van der Waals surface area contributed by atoms with Gasteiger partial charge in [-0.05, 0) is 52.4 Å². The second-order valence-electron chi connectivity index (χ2n) is 5.90. The first-order chi connectivity index (χ1) is 8.98. The average molecular weight is 263 g/mol. The van der Waals surface area contributed by atoms with Crippen molar-refractivity contribution in [3.8, 4) is 5.75 Å². The molecular formula is C15H25N3O. The van der Waals surface area contributed by atoms with Crippen LogP contribution in [0.4, 0.5) is 5.69 Å². The smallest absolute Gasteiger partial charge is 0.121 e. The number of hydrogen-bond donors (Lipinski definition) is 4. The van der Waals surface area contributed by atoms with Gasteiger partial charge in [-0.15, -0.1) is 0 Å². The molecule has 19 heavy (non-hydrogen) atoms. The molecule has 5 N–H and O–H groups in total. The molecule has 0 saturated heterocycles. The topological polar surface area (TPSA) is 70.3 Å². The summed E-state index contributed by atoms with van der Waals surface area (Å²) in [4.78, 5) is 0. The largest absolute Gasteiger partial charge is 0.508 e. The van der Waals surface area contributed by atoms with Crippen molar-refractivity contribution in [2.24, 2.45) is 5.73 Å². The average Bonchev–Trinajstić information content (AvgIpc) is 2.78. The van der Waals surface area contributed by atoms with Crippen molar-refractivity contribution in [2.45, 2.75) is 37.6 Å². The van der Waals surface area contributed by atoms with Crippen LogP contribution < -0.4 is 16.4 Å². The lowest BCUT2D eigenvalue weighted by Gasteiger charge is -2.44. The van der Waals surface area contributed by atoms with Gasteiger partial charge in [0.1, 0.15) is 5.75 Å². The van der Waals surface area contributed by atoms with E-state index in [1.54, 1.807) is 6.07 Å². The molecular weight excluding hydrogens is 238 g/mol. The summed E-state index contributed by atoms with van der Waals surface area (Å²) in [6.45, 7) is 5.87. The summed E-state index contributed by atoms with van der Waals surface area (Å²) in [5, 5.41) is 17.2. The molecule has 106 valence electrons. The van der Waals surface area contributed by atoms with Crippen LogP contribution in [0.5, 0.6) is 5.75 Å². The van der Waals surface area contributed by atoms with Crippen LogP contribution >= 0.6 is 0 Å². The summed E-state index contributed by atoms with van der Waals surface area (Å²) < 4.78 is 0. The zero-order valence-corrected chi connectivity index (χ0v) is 12.1.